The van der Waals surface area contributed by atoms with Gasteiger partial charge < -0.3 is 4.84 Å². The van der Waals surface area contributed by atoms with E-state index in [0.29, 0.717) is 0 Å². The highest BCUT2D eigenvalue weighted by Gasteiger charge is 2.12. The van der Waals surface area contributed by atoms with Crippen molar-refractivity contribution < 1.29 is 18.0 Å². The molecule has 0 atom stereocenters. The van der Waals surface area contributed by atoms with Gasteiger partial charge in [-0.05, 0) is 17.0 Å². The highest BCUT2D eigenvalue weighted by Crippen LogP contribution is 2.00. The fraction of sp³-hybridized carbons (Fsp3) is 0.100. The molecule has 86 valence electrons. The van der Waals surface area contributed by atoms with Crippen molar-refractivity contribution in [1.29, 1.82) is 0 Å². The number of hydrogen-bond acceptors (Lipinski definition) is 4. The third-order valence-corrected chi connectivity index (χ3v) is 2.62. The first-order chi connectivity index (χ1) is 7.55. The van der Waals surface area contributed by atoms with Gasteiger partial charge in [-0.2, -0.15) is 0 Å². The van der Waals surface area contributed by atoms with Crippen LogP contribution < -0.4 is 4.89 Å². The standard InChI is InChI=1S/C10H11NO4S/c1-2-8-16(13,14)11-15-10(12)9-6-4-3-5-7-9/h2-7,11H,1,8H2. The van der Waals surface area contributed by atoms with Gasteiger partial charge in [0, 0.05) is 0 Å². The summed E-state index contributed by atoms with van der Waals surface area (Å²) in [6, 6.07) is 8.07. The van der Waals surface area contributed by atoms with Crippen molar-refractivity contribution in [3.8, 4) is 0 Å². The zero-order valence-electron chi connectivity index (χ0n) is 8.42. The van der Waals surface area contributed by atoms with Crippen molar-refractivity contribution in [3.05, 3.63) is 48.6 Å². The van der Waals surface area contributed by atoms with Gasteiger partial charge in [0.2, 0.25) is 10.0 Å². The summed E-state index contributed by atoms with van der Waals surface area (Å²) in [5, 5.41) is 0. The average molecular weight is 241 g/mol. The summed E-state index contributed by atoms with van der Waals surface area (Å²) in [7, 11) is -3.65. The predicted octanol–water partition coefficient (Wildman–Crippen LogP) is 0.864. The first kappa shape index (κ1) is 12.4. The molecule has 0 aliphatic heterocycles. The number of sulfonamides is 1. The van der Waals surface area contributed by atoms with Crippen LogP contribution in [0.2, 0.25) is 0 Å². The van der Waals surface area contributed by atoms with Crippen LogP contribution in [0.3, 0.4) is 0 Å². The van der Waals surface area contributed by atoms with E-state index in [4.69, 9.17) is 0 Å². The molecule has 1 rings (SSSR count). The van der Waals surface area contributed by atoms with E-state index in [1.807, 2.05) is 0 Å². The normalized spacial score (nSPS) is 10.8. The molecule has 0 aliphatic carbocycles. The third kappa shape index (κ3) is 3.84. The van der Waals surface area contributed by atoms with Crippen molar-refractivity contribution in [2.75, 3.05) is 5.75 Å². The van der Waals surface area contributed by atoms with Crippen molar-refractivity contribution in [2.24, 2.45) is 0 Å². The third-order valence-electron chi connectivity index (χ3n) is 1.61. The second-order valence-corrected chi connectivity index (χ2v) is 4.64. The van der Waals surface area contributed by atoms with Crippen LogP contribution in [0.25, 0.3) is 0 Å². The summed E-state index contributed by atoms with van der Waals surface area (Å²) in [5.74, 6) is -1.07. The summed E-state index contributed by atoms with van der Waals surface area (Å²) in [5.41, 5.74) is 0.267. The maximum atomic E-state index is 11.3. The van der Waals surface area contributed by atoms with Gasteiger partial charge in [0.1, 0.15) is 0 Å². The Bertz CT molecular complexity index is 467. The second kappa shape index (κ2) is 5.43. The second-order valence-electron chi connectivity index (χ2n) is 2.91. The first-order valence-electron chi connectivity index (χ1n) is 4.42. The lowest BCUT2D eigenvalue weighted by Crippen LogP contribution is -2.28. The lowest BCUT2D eigenvalue weighted by molar-refractivity contribution is 0.0408. The van der Waals surface area contributed by atoms with Crippen molar-refractivity contribution >= 4 is 16.0 Å². The fourth-order valence-electron chi connectivity index (χ4n) is 0.924. The van der Waals surface area contributed by atoms with E-state index in [-0.39, 0.29) is 11.3 Å². The van der Waals surface area contributed by atoms with Crippen LogP contribution in [0.1, 0.15) is 10.4 Å². The molecule has 1 N–H and O–H groups in total. The maximum absolute atomic E-state index is 11.3. The molecule has 0 amide bonds. The quantitative estimate of drug-likeness (QED) is 0.613. The molecule has 0 spiro atoms. The van der Waals surface area contributed by atoms with Crippen LogP contribution in [-0.4, -0.2) is 20.1 Å². The molecule has 0 heterocycles. The largest absolute Gasteiger partial charge is 0.357 e. The van der Waals surface area contributed by atoms with E-state index in [2.05, 4.69) is 11.4 Å². The van der Waals surface area contributed by atoms with Crippen LogP contribution >= 0.6 is 0 Å². The minimum atomic E-state index is -3.65. The van der Waals surface area contributed by atoms with E-state index in [0.717, 1.165) is 0 Å². The summed E-state index contributed by atoms with van der Waals surface area (Å²) in [6.07, 6.45) is 1.19. The van der Waals surface area contributed by atoms with Crippen LogP contribution in [0.15, 0.2) is 43.0 Å². The molecule has 16 heavy (non-hydrogen) atoms. The fourth-order valence-corrected chi connectivity index (χ4v) is 1.50. The minimum absolute atomic E-state index is 0.267. The predicted molar refractivity (Wildman–Crippen MR) is 59.0 cm³/mol. The van der Waals surface area contributed by atoms with Gasteiger partial charge in [-0.1, -0.05) is 24.3 Å². The molecule has 0 unspecified atom stereocenters. The molecule has 0 saturated heterocycles. The van der Waals surface area contributed by atoms with Gasteiger partial charge >= 0.3 is 5.97 Å². The first-order valence-corrected chi connectivity index (χ1v) is 6.07. The SMILES string of the molecule is C=CCS(=O)(=O)NOC(=O)c1ccccc1. The topological polar surface area (TPSA) is 72.5 Å². The molecule has 6 heteroatoms. The highest BCUT2D eigenvalue weighted by atomic mass is 32.2. The summed E-state index contributed by atoms with van der Waals surface area (Å²) >= 11 is 0. The van der Waals surface area contributed by atoms with Crippen LogP contribution in [0, 0.1) is 0 Å². The number of rotatable bonds is 5. The molecule has 0 radical (unpaired) electrons. The van der Waals surface area contributed by atoms with Crippen molar-refractivity contribution in [1.82, 2.24) is 4.89 Å². The van der Waals surface area contributed by atoms with Crippen LogP contribution in [0.5, 0.6) is 0 Å². The summed E-state index contributed by atoms with van der Waals surface area (Å²) in [6.45, 7) is 3.27. The van der Waals surface area contributed by atoms with Gasteiger partial charge in [0.25, 0.3) is 0 Å². The number of carbonyl (C=O) groups is 1. The lowest BCUT2D eigenvalue weighted by atomic mass is 10.2. The van der Waals surface area contributed by atoms with E-state index < -0.39 is 16.0 Å². The van der Waals surface area contributed by atoms with Crippen molar-refractivity contribution in [3.63, 3.8) is 0 Å². The van der Waals surface area contributed by atoms with Gasteiger partial charge in [-0.15, -0.1) is 6.58 Å². The molecule has 0 aliphatic rings. The van der Waals surface area contributed by atoms with E-state index in [1.54, 1.807) is 23.1 Å². The van der Waals surface area contributed by atoms with Gasteiger partial charge in [0.15, 0.2) is 0 Å². The molecule has 5 nitrogen and oxygen atoms in total. The number of nitrogens with one attached hydrogen (secondary N) is 1. The van der Waals surface area contributed by atoms with Gasteiger partial charge in [0.05, 0.1) is 11.3 Å². The number of benzene rings is 1. The summed E-state index contributed by atoms with van der Waals surface area (Å²) < 4.78 is 22.2. The molecule has 0 bridgehead atoms. The Morgan fingerprint density at radius 1 is 1.38 bits per heavy atom. The molecule has 1 aromatic carbocycles. The Labute approximate surface area is 93.7 Å². The Balaban J connectivity index is 2.58. The smallest absolute Gasteiger partial charge is 0.351 e. The zero-order valence-corrected chi connectivity index (χ0v) is 9.24. The molecule has 0 fully saturated rings. The van der Waals surface area contributed by atoms with Gasteiger partial charge in [-0.3, -0.25) is 0 Å². The van der Waals surface area contributed by atoms with Crippen LogP contribution in [-0.2, 0) is 14.9 Å². The molecule has 0 saturated carbocycles. The monoisotopic (exact) mass is 241 g/mol. The van der Waals surface area contributed by atoms with Crippen LogP contribution in [0.4, 0.5) is 0 Å². The number of hydrogen-bond donors (Lipinski definition) is 1. The van der Waals surface area contributed by atoms with E-state index in [1.165, 1.54) is 18.2 Å². The maximum Gasteiger partial charge on any atom is 0.357 e. The Kier molecular flexibility index (Phi) is 4.21. The van der Waals surface area contributed by atoms with Crippen molar-refractivity contribution in [2.45, 2.75) is 0 Å². The summed E-state index contributed by atoms with van der Waals surface area (Å²) in [4.78, 5) is 17.5. The molecule has 1 aromatic rings. The van der Waals surface area contributed by atoms with E-state index in [9.17, 15) is 13.2 Å². The molecular weight excluding hydrogens is 230 g/mol. The minimum Gasteiger partial charge on any atom is -0.351 e. The highest BCUT2D eigenvalue weighted by molar-refractivity contribution is 7.89. The Hall–Kier alpha value is -1.66. The number of carbonyl (C=O) groups excluding carboxylic acids is 1. The molecular formula is C10H11NO4S. The zero-order chi connectivity index (χ0) is 12.0. The lowest BCUT2D eigenvalue weighted by Gasteiger charge is -2.04. The Morgan fingerprint density at radius 3 is 2.56 bits per heavy atom. The Morgan fingerprint density at radius 2 is 2.00 bits per heavy atom. The average Bonchev–Trinajstić information content (AvgIpc) is 2.27. The van der Waals surface area contributed by atoms with Gasteiger partial charge in [-0.25, -0.2) is 13.2 Å². The molecule has 0 aromatic heterocycles. The van der Waals surface area contributed by atoms with E-state index >= 15 is 0 Å².